The van der Waals surface area contributed by atoms with Gasteiger partial charge in [-0.3, -0.25) is 0 Å². The van der Waals surface area contributed by atoms with Gasteiger partial charge in [0.05, 0.1) is 12.6 Å². The number of hydrogen-bond acceptors (Lipinski definition) is 6. The van der Waals surface area contributed by atoms with Crippen molar-refractivity contribution in [1.29, 1.82) is 0 Å². The number of nitrogens with zero attached hydrogens (tertiary/aromatic N) is 3. The van der Waals surface area contributed by atoms with Gasteiger partial charge in [-0.15, -0.1) is 11.3 Å². The molecule has 1 atom stereocenters. The summed E-state index contributed by atoms with van der Waals surface area (Å²) < 4.78 is 37.7. The first-order valence-electron chi connectivity index (χ1n) is 6.23. The Kier molecular flexibility index (Phi) is 4.73. The van der Waals surface area contributed by atoms with Crippen LogP contribution in [0.5, 0.6) is 0 Å². The smallest absolute Gasteiger partial charge is 0.384 e. The Balaban J connectivity index is 2.05. The fraction of sp³-hybridized carbons (Fsp3) is 0.417. The molecule has 0 saturated carbocycles. The molecule has 0 aliphatic rings. The zero-order chi connectivity index (χ0) is 15.5. The second-order valence-corrected chi connectivity index (χ2v) is 5.20. The van der Waals surface area contributed by atoms with E-state index in [1.165, 1.54) is 6.20 Å². The molecule has 2 rings (SSSR count). The third-order valence-electron chi connectivity index (χ3n) is 2.75. The summed E-state index contributed by atoms with van der Waals surface area (Å²) in [5.74, 6) is 0.838. The van der Waals surface area contributed by atoms with Crippen molar-refractivity contribution in [2.75, 3.05) is 5.73 Å². The molecule has 2 aromatic rings. The minimum atomic E-state index is -4.41. The van der Waals surface area contributed by atoms with E-state index in [0.29, 0.717) is 29.6 Å². The monoisotopic (exact) mass is 317 g/mol. The topological polar surface area (TPSA) is 76.7 Å². The molecule has 3 N–H and O–H groups in total. The fourth-order valence-electron chi connectivity index (χ4n) is 1.70. The van der Waals surface area contributed by atoms with Crippen LogP contribution in [-0.4, -0.2) is 15.0 Å². The number of nitrogen functional groups attached to an aromatic ring is 1. The van der Waals surface area contributed by atoms with Gasteiger partial charge in [0.25, 0.3) is 0 Å². The zero-order valence-electron chi connectivity index (χ0n) is 11.2. The van der Waals surface area contributed by atoms with Gasteiger partial charge in [-0.2, -0.15) is 13.2 Å². The van der Waals surface area contributed by atoms with Crippen molar-refractivity contribution >= 4 is 17.2 Å². The van der Waals surface area contributed by atoms with Crippen LogP contribution in [0, 0.1) is 0 Å². The summed E-state index contributed by atoms with van der Waals surface area (Å²) >= 11 is 0.988. The summed E-state index contributed by atoms with van der Waals surface area (Å²) in [5, 5.41) is 4.52. The Morgan fingerprint density at radius 2 is 2.14 bits per heavy atom. The number of halogens is 3. The number of anilines is 1. The van der Waals surface area contributed by atoms with Crippen molar-refractivity contribution in [2.24, 2.45) is 0 Å². The minimum absolute atomic E-state index is 0.281. The van der Waals surface area contributed by atoms with Crippen molar-refractivity contribution in [3.63, 3.8) is 0 Å². The van der Waals surface area contributed by atoms with Gasteiger partial charge in [-0.25, -0.2) is 15.0 Å². The Morgan fingerprint density at radius 1 is 1.38 bits per heavy atom. The molecule has 0 bridgehead atoms. The van der Waals surface area contributed by atoms with Gasteiger partial charge in [0.2, 0.25) is 0 Å². The van der Waals surface area contributed by atoms with Crippen molar-refractivity contribution < 1.29 is 13.2 Å². The van der Waals surface area contributed by atoms with E-state index in [2.05, 4.69) is 20.3 Å². The number of rotatable bonds is 5. The molecule has 0 amide bonds. The van der Waals surface area contributed by atoms with E-state index in [4.69, 9.17) is 5.73 Å². The molecule has 0 saturated heterocycles. The average Bonchev–Trinajstić information content (AvgIpc) is 2.89. The number of thiazole rings is 1. The maximum absolute atomic E-state index is 12.6. The van der Waals surface area contributed by atoms with Crippen LogP contribution in [0.15, 0.2) is 17.6 Å². The molecule has 2 heterocycles. The average molecular weight is 317 g/mol. The lowest BCUT2D eigenvalue weighted by molar-refractivity contribution is -0.140. The Morgan fingerprint density at radius 3 is 2.71 bits per heavy atom. The third kappa shape index (κ3) is 4.11. The second kappa shape index (κ2) is 6.35. The molecule has 0 aliphatic heterocycles. The molecule has 0 aromatic carbocycles. The van der Waals surface area contributed by atoms with Crippen LogP contribution < -0.4 is 11.1 Å². The Hall–Kier alpha value is -1.74. The van der Waals surface area contributed by atoms with Crippen LogP contribution in [0.2, 0.25) is 0 Å². The predicted octanol–water partition coefficient (Wildman–Crippen LogP) is 2.78. The number of nitrogens with one attached hydrogen (secondary N) is 1. The molecule has 114 valence electrons. The zero-order valence-corrected chi connectivity index (χ0v) is 12.0. The SMILES string of the molecule is CC[C@H](NCc1nccc(N)n1)c1nc(C(F)(F)F)cs1. The van der Waals surface area contributed by atoms with Crippen LogP contribution in [0.3, 0.4) is 0 Å². The molecular formula is C12H14F3N5S. The van der Waals surface area contributed by atoms with Gasteiger partial charge in [-0.1, -0.05) is 6.92 Å². The molecule has 2 aromatic heterocycles. The van der Waals surface area contributed by atoms with E-state index >= 15 is 0 Å². The summed E-state index contributed by atoms with van der Waals surface area (Å²) in [6, 6.07) is 1.29. The fourth-order valence-corrected chi connectivity index (χ4v) is 2.68. The molecule has 9 heteroatoms. The van der Waals surface area contributed by atoms with E-state index in [9.17, 15) is 13.2 Å². The lowest BCUT2D eigenvalue weighted by atomic mass is 10.2. The normalized spacial score (nSPS) is 13.3. The van der Waals surface area contributed by atoms with E-state index < -0.39 is 11.9 Å². The van der Waals surface area contributed by atoms with Crippen LogP contribution in [0.1, 0.15) is 35.9 Å². The molecule has 0 unspecified atom stereocenters. The molecule has 21 heavy (non-hydrogen) atoms. The summed E-state index contributed by atoms with van der Waals surface area (Å²) in [4.78, 5) is 11.7. The third-order valence-corrected chi connectivity index (χ3v) is 3.71. The van der Waals surface area contributed by atoms with Crippen LogP contribution in [0.4, 0.5) is 19.0 Å². The predicted molar refractivity (Wildman–Crippen MR) is 73.4 cm³/mol. The summed E-state index contributed by atoms with van der Waals surface area (Å²) in [5.41, 5.74) is 4.69. The van der Waals surface area contributed by atoms with Gasteiger partial charge in [0, 0.05) is 11.6 Å². The van der Waals surface area contributed by atoms with Crippen molar-refractivity contribution in [3.05, 3.63) is 34.2 Å². The van der Waals surface area contributed by atoms with Crippen molar-refractivity contribution in [2.45, 2.75) is 32.1 Å². The lowest BCUT2D eigenvalue weighted by Crippen LogP contribution is -2.22. The quantitative estimate of drug-likeness (QED) is 0.887. The van der Waals surface area contributed by atoms with Gasteiger partial charge >= 0.3 is 6.18 Å². The van der Waals surface area contributed by atoms with E-state index in [1.807, 2.05) is 6.92 Å². The number of aromatic nitrogens is 3. The van der Waals surface area contributed by atoms with Crippen LogP contribution >= 0.6 is 11.3 Å². The summed E-state index contributed by atoms with van der Waals surface area (Å²) in [6.07, 6.45) is -2.28. The number of nitrogens with two attached hydrogens (primary N) is 1. The number of hydrogen-bond donors (Lipinski definition) is 2. The summed E-state index contributed by atoms with van der Waals surface area (Å²) in [7, 11) is 0. The second-order valence-electron chi connectivity index (χ2n) is 4.31. The summed E-state index contributed by atoms with van der Waals surface area (Å²) in [6.45, 7) is 2.18. The van der Waals surface area contributed by atoms with Gasteiger partial charge < -0.3 is 11.1 Å². The van der Waals surface area contributed by atoms with Gasteiger partial charge in [-0.05, 0) is 12.5 Å². The van der Waals surface area contributed by atoms with E-state index in [-0.39, 0.29) is 6.04 Å². The minimum Gasteiger partial charge on any atom is -0.384 e. The highest BCUT2D eigenvalue weighted by atomic mass is 32.1. The molecule has 0 aliphatic carbocycles. The standard InChI is InChI=1S/C12H14F3N5S/c1-2-7(11-19-8(6-21-11)12(13,14)15)18-5-10-17-4-3-9(16)20-10/h3-4,6-7,18H,2,5H2,1H3,(H2,16,17,20)/t7-/m0/s1. The highest BCUT2D eigenvalue weighted by molar-refractivity contribution is 7.09. The van der Waals surface area contributed by atoms with E-state index in [0.717, 1.165) is 16.7 Å². The highest BCUT2D eigenvalue weighted by Gasteiger charge is 2.34. The maximum Gasteiger partial charge on any atom is 0.434 e. The first-order valence-corrected chi connectivity index (χ1v) is 7.11. The largest absolute Gasteiger partial charge is 0.434 e. The van der Waals surface area contributed by atoms with Crippen LogP contribution in [0.25, 0.3) is 0 Å². The highest BCUT2D eigenvalue weighted by Crippen LogP contribution is 2.32. The molecular weight excluding hydrogens is 303 g/mol. The van der Waals surface area contributed by atoms with Crippen LogP contribution in [-0.2, 0) is 12.7 Å². The van der Waals surface area contributed by atoms with Gasteiger partial charge in [0.15, 0.2) is 5.69 Å². The lowest BCUT2D eigenvalue weighted by Gasteiger charge is -2.13. The molecule has 5 nitrogen and oxygen atoms in total. The number of alkyl halides is 3. The molecule has 0 spiro atoms. The first kappa shape index (κ1) is 15.6. The maximum atomic E-state index is 12.6. The van der Waals surface area contributed by atoms with Crippen molar-refractivity contribution in [3.8, 4) is 0 Å². The molecule has 0 fully saturated rings. The first-order chi connectivity index (χ1) is 9.90. The Bertz CT molecular complexity index is 599. The molecule has 0 radical (unpaired) electrons. The van der Waals surface area contributed by atoms with Gasteiger partial charge in [0.1, 0.15) is 16.6 Å². The van der Waals surface area contributed by atoms with Crippen molar-refractivity contribution in [1.82, 2.24) is 20.3 Å². The van der Waals surface area contributed by atoms with E-state index in [1.54, 1.807) is 6.07 Å². The Labute approximate surface area is 123 Å².